The molecule has 0 saturated carbocycles. The van der Waals surface area contributed by atoms with Crippen LogP contribution in [-0.4, -0.2) is 25.7 Å². The first-order valence-corrected chi connectivity index (χ1v) is 4.26. The van der Waals surface area contributed by atoms with Crippen LogP contribution in [0.15, 0.2) is 18.6 Å². The van der Waals surface area contributed by atoms with E-state index in [1.807, 2.05) is 0 Å². The number of aromatic amines is 1. The fourth-order valence-electron chi connectivity index (χ4n) is 1.18. The second-order valence-electron chi connectivity index (χ2n) is 3.00. The summed E-state index contributed by atoms with van der Waals surface area (Å²) in [6.45, 7) is 0. The van der Waals surface area contributed by atoms with E-state index in [9.17, 15) is 4.79 Å². The number of H-pyrrole nitrogens is 1. The van der Waals surface area contributed by atoms with Crippen LogP contribution < -0.4 is 11.1 Å². The van der Waals surface area contributed by atoms with E-state index < -0.39 is 0 Å². The Kier molecular flexibility index (Phi) is 2.13. The van der Waals surface area contributed by atoms with E-state index in [-0.39, 0.29) is 11.6 Å². The van der Waals surface area contributed by atoms with Gasteiger partial charge in [0.1, 0.15) is 0 Å². The zero-order chi connectivity index (χ0) is 10.8. The third-order valence-electron chi connectivity index (χ3n) is 1.80. The number of hydrogen-bond donors (Lipinski definition) is 3. The monoisotopic (exact) mass is 206 g/mol. The number of nitrogens with two attached hydrogens (primary N) is 1. The second-order valence-corrected chi connectivity index (χ2v) is 3.00. The van der Waals surface area contributed by atoms with Crippen molar-refractivity contribution in [1.82, 2.24) is 19.7 Å². The Labute approximate surface area is 85.3 Å². The van der Waals surface area contributed by atoms with Gasteiger partial charge in [-0.15, -0.1) is 0 Å². The molecule has 2 aromatic rings. The number of hydrogen-bond acceptors (Lipinski definition) is 4. The van der Waals surface area contributed by atoms with Gasteiger partial charge in [-0.05, 0) is 0 Å². The lowest BCUT2D eigenvalue weighted by molar-refractivity contribution is 0.102. The number of rotatable bonds is 2. The van der Waals surface area contributed by atoms with Gasteiger partial charge in [0.05, 0.1) is 5.69 Å². The first-order chi connectivity index (χ1) is 7.16. The minimum Gasteiger partial charge on any atom is -0.396 e. The van der Waals surface area contributed by atoms with Crippen LogP contribution in [0.2, 0.25) is 0 Å². The number of anilines is 2. The number of carbonyl (C=O) groups excluding carboxylic acids is 1. The van der Waals surface area contributed by atoms with Crippen molar-refractivity contribution >= 4 is 17.5 Å². The van der Waals surface area contributed by atoms with E-state index in [1.54, 1.807) is 19.4 Å². The molecule has 0 radical (unpaired) electrons. The van der Waals surface area contributed by atoms with Crippen molar-refractivity contribution in [2.45, 2.75) is 0 Å². The second kappa shape index (κ2) is 3.45. The molecule has 0 aliphatic rings. The first kappa shape index (κ1) is 9.25. The van der Waals surface area contributed by atoms with Crippen molar-refractivity contribution in [3.63, 3.8) is 0 Å². The molecule has 2 rings (SSSR count). The Bertz CT molecular complexity index is 471. The average Bonchev–Trinajstić information content (AvgIpc) is 2.75. The number of aromatic nitrogens is 4. The van der Waals surface area contributed by atoms with Gasteiger partial charge >= 0.3 is 0 Å². The molecule has 0 saturated heterocycles. The molecule has 0 aliphatic heterocycles. The molecule has 7 nitrogen and oxygen atoms in total. The van der Waals surface area contributed by atoms with Crippen LogP contribution in [0.1, 0.15) is 10.5 Å². The summed E-state index contributed by atoms with van der Waals surface area (Å²) in [7, 11) is 1.69. The van der Waals surface area contributed by atoms with Crippen LogP contribution in [0.25, 0.3) is 0 Å². The molecule has 0 aliphatic carbocycles. The number of nitrogens with zero attached hydrogens (tertiary/aromatic N) is 3. The van der Waals surface area contributed by atoms with E-state index in [2.05, 4.69) is 20.4 Å². The Balaban J connectivity index is 2.18. The normalized spacial score (nSPS) is 10.2. The highest BCUT2D eigenvalue weighted by atomic mass is 16.2. The van der Waals surface area contributed by atoms with Gasteiger partial charge < -0.3 is 10.7 Å². The van der Waals surface area contributed by atoms with Gasteiger partial charge in [-0.2, -0.15) is 5.10 Å². The lowest BCUT2D eigenvalue weighted by Gasteiger charge is -1.98. The van der Waals surface area contributed by atoms with Crippen molar-refractivity contribution in [3.8, 4) is 0 Å². The smallest absolute Gasteiger partial charge is 0.280 e. The van der Waals surface area contributed by atoms with Crippen LogP contribution >= 0.6 is 0 Å². The highest BCUT2D eigenvalue weighted by molar-refractivity contribution is 6.05. The van der Waals surface area contributed by atoms with Gasteiger partial charge in [-0.1, -0.05) is 0 Å². The molecule has 0 atom stereocenters. The molecule has 0 unspecified atom stereocenters. The summed E-state index contributed by atoms with van der Waals surface area (Å²) < 4.78 is 1.48. The predicted molar refractivity (Wildman–Crippen MR) is 54.2 cm³/mol. The van der Waals surface area contributed by atoms with Crippen molar-refractivity contribution < 1.29 is 4.79 Å². The van der Waals surface area contributed by atoms with E-state index in [0.717, 1.165) is 0 Å². The Morgan fingerprint density at radius 3 is 3.00 bits per heavy atom. The quantitative estimate of drug-likeness (QED) is 0.642. The summed E-state index contributed by atoms with van der Waals surface area (Å²) >= 11 is 0. The molecule has 2 heterocycles. The van der Waals surface area contributed by atoms with Crippen molar-refractivity contribution in [1.29, 1.82) is 0 Å². The van der Waals surface area contributed by atoms with Crippen molar-refractivity contribution in [2.75, 3.05) is 11.1 Å². The van der Waals surface area contributed by atoms with Crippen LogP contribution in [0.3, 0.4) is 0 Å². The number of amides is 1. The largest absolute Gasteiger partial charge is 0.396 e. The van der Waals surface area contributed by atoms with Crippen LogP contribution in [0.4, 0.5) is 11.6 Å². The molecular weight excluding hydrogens is 196 g/mol. The summed E-state index contributed by atoms with van der Waals surface area (Å²) in [5.74, 6) is -0.0203. The summed E-state index contributed by atoms with van der Waals surface area (Å²) in [4.78, 5) is 18.2. The van der Waals surface area contributed by atoms with E-state index in [0.29, 0.717) is 11.6 Å². The zero-order valence-electron chi connectivity index (χ0n) is 8.06. The molecule has 0 aromatic carbocycles. The average molecular weight is 206 g/mol. The molecular formula is C8H10N6O. The third kappa shape index (κ3) is 1.80. The SMILES string of the molecule is Cn1cc(N)c(C(=O)Nc2ncc[nH]2)n1. The van der Waals surface area contributed by atoms with Crippen molar-refractivity contribution in [3.05, 3.63) is 24.3 Å². The van der Waals surface area contributed by atoms with Crippen LogP contribution in [0, 0.1) is 0 Å². The Hall–Kier alpha value is -2.31. The molecule has 2 aromatic heterocycles. The highest BCUT2D eigenvalue weighted by Crippen LogP contribution is 2.09. The number of carbonyl (C=O) groups is 1. The fourth-order valence-corrected chi connectivity index (χ4v) is 1.18. The molecule has 7 heteroatoms. The number of nitrogens with one attached hydrogen (secondary N) is 2. The summed E-state index contributed by atoms with van der Waals surface area (Å²) in [5, 5.41) is 6.46. The third-order valence-corrected chi connectivity index (χ3v) is 1.80. The zero-order valence-corrected chi connectivity index (χ0v) is 8.06. The summed E-state index contributed by atoms with van der Waals surface area (Å²) in [6.07, 6.45) is 4.71. The maximum atomic E-state index is 11.6. The van der Waals surface area contributed by atoms with Crippen LogP contribution in [0.5, 0.6) is 0 Å². The molecule has 0 bridgehead atoms. The van der Waals surface area contributed by atoms with Crippen LogP contribution in [-0.2, 0) is 7.05 Å². The van der Waals surface area contributed by atoms with Crippen molar-refractivity contribution in [2.24, 2.45) is 7.05 Å². The maximum absolute atomic E-state index is 11.6. The summed E-state index contributed by atoms with van der Waals surface area (Å²) in [6, 6.07) is 0. The molecule has 4 N–H and O–H groups in total. The lowest BCUT2D eigenvalue weighted by atomic mass is 10.3. The Morgan fingerprint density at radius 2 is 2.47 bits per heavy atom. The lowest BCUT2D eigenvalue weighted by Crippen LogP contribution is -2.15. The maximum Gasteiger partial charge on any atom is 0.280 e. The molecule has 15 heavy (non-hydrogen) atoms. The van der Waals surface area contributed by atoms with E-state index in [4.69, 9.17) is 5.73 Å². The molecule has 0 fully saturated rings. The molecule has 78 valence electrons. The van der Waals surface area contributed by atoms with E-state index in [1.165, 1.54) is 10.9 Å². The number of nitrogen functional groups attached to an aromatic ring is 1. The Morgan fingerprint density at radius 1 is 1.67 bits per heavy atom. The van der Waals surface area contributed by atoms with E-state index >= 15 is 0 Å². The predicted octanol–water partition coefficient (Wildman–Crippen LogP) is -0.0223. The minimum atomic E-state index is -0.386. The standard InChI is InChI=1S/C8H10N6O/c1-14-4-5(9)6(13-14)7(15)12-8-10-2-3-11-8/h2-4H,9H2,1H3,(H2,10,11,12,15). The summed E-state index contributed by atoms with van der Waals surface area (Å²) in [5.41, 5.74) is 6.12. The van der Waals surface area contributed by atoms with Gasteiger partial charge in [-0.3, -0.25) is 14.8 Å². The van der Waals surface area contributed by atoms with Gasteiger partial charge in [-0.25, -0.2) is 4.98 Å². The topological polar surface area (TPSA) is 102 Å². The molecule has 1 amide bonds. The highest BCUT2D eigenvalue weighted by Gasteiger charge is 2.14. The number of imidazole rings is 1. The van der Waals surface area contributed by atoms with Gasteiger partial charge in [0.15, 0.2) is 5.69 Å². The minimum absolute atomic E-state index is 0.189. The van der Waals surface area contributed by atoms with Gasteiger partial charge in [0.2, 0.25) is 5.95 Å². The van der Waals surface area contributed by atoms with Gasteiger partial charge in [0, 0.05) is 25.6 Å². The molecule has 0 spiro atoms. The first-order valence-electron chi connectivity index (χ1n) is 4.26. The fraction of sp³-hybridized carbons (Fsp3) is 0.125. The number of aryl methyl sites for hydroxylation is 1. The van der Waals surface area contributed by atoms with Gasteiger partial charge in [0.25, 0.3) is 5.91 Å².